The second-order valence-corrected chi connectivity index (χ2v) is 6.42. The average Bonchev–Trinajstić information content (AvgIpc) is 2.79. The van der Waals surface area contributed by atoms with Gasteiger partial charge in [0, 0.05) is 31.5 Å². The van der Waals surface area contributed by atoms with Crippen LogP contribution in [0.25, 0.3) is 0 Å². The molecule has 1 spiro atoms. The Hall–Kier alpha value is -0.160. The molecule has 1 saturated heterocycles. The molecule has 2 unspecified atom stereocenters. The molecule has 1 saturated carbocycles. The minimum absolute atomic E-state index is 0.290. The Labute approximate surface area is 117 Å². The molecule has 2 atom stereocenters. The van der Waals surface area contributed by atoms with Crippen LogP contribution >= 0.6 is 0 Å². The van der Waals surface area contributed by atoms with E-state index in [1.165, 1.54) is 0 Å². The van der Waals surface area contributed by atoms with Crippen LogP contribution < -0.4 is 5.32 Å². The first kappa shape index (κ1) is 15.2. The summed E-state index contributed by atoms with van der Waals surface area (Å²) in [5.74, 6) is 0.400. The Morgan fingerprint density at radius 1 is 1.32 bits per heavy atom. The van der Waals surface area contributed by atoms with Crippen molar-refractivity contribution in [2.24, 2.45) is 5.92 Å². The third kappa shape index (κ3) is 3.69. The summed E-state index contributed by atoms with van der Waals surface area (Å²) in [6.45, 7) is 10.4. The minimum Gasteiger partial charge on any atom is -0.347 e. The fourth-order valence-corrected chi connectivity index (χ4v) is 3.56. The van der Waals surface area contributed by atoms with Gasteiger partial charge in [0.25, 0.3) is 0 Å². The van der Waals surface area contributed by atoms with Gasteiger partial charge < -0.3 is 19.7 Å². The minimum atomic E-state index is -0.290. The first-order valence-electron chi connectivity index (χ1n) is 7.78. The highest BCUT2D eigenvalue weighted by Crippen LogP contribution is 2.37. The standard InChI is InChI=1S/C15H30N2O2/c1-5-16-13-6-7-15(18-8-9-19-15)10-14(13)17(4)11-12(2)3/h12-14,16H,5-11H2,1-4H3. The number of likely N-dealkylation sites (N-methyl/N-ethyl adjacent to an activating group) is 2. The SMILES string of the molecule is CCNC1CCC2(CC1N(C)CC(C)C)OCCO2. The molecule has 4 heteroatoms. The summed E-state index contributed by atoms with van der Waals surface area (Å²) >= 11 is 0. The zero-order valence-electron chi connectivity index (χ0n) is 12.9. The molecular formula is C15H30N2O2. The van der Waals surface area contributed by atoms with Gasteiger partial charge in [-0.05, 0) is 25.9 Å². The summed E-state index contributed by atoms with van der Waals surface area (Å²) < 4.78 is 11.8. The molecule has 0 aromatic carbocycles. The maximum absolute atomic E-state index is 5.92. The molecule has 2 aliphatic rings. The fraction of sp³-hybridized carbons (Fsp3) is 1.00. The van der Waals surface area contributed by atoms with Gasteiger partial charge in [0.15, 0.2) is 5.79 Å². The summed E-state index contributed by atoms with van der Waals surface area (Å²) in [6, 6.07) is 1.07. The van der Waals surface area contributed by atoms with Crippen LogP contribution in [-0.4, -0.2) is 56.1 Å². The largest absolute Gasteiger partial charge is 0.347 e. The second-order valence-electron chi connectivity index (χ2n) is 6.42. The van der Waals surface area contributed by atoms with Crippen LogP contribution in [0.1, 0.15) is 40.0 Å². The normalized spacial score (nSPS) is 30.6. The van der Waals surface area contributed by atoms with E-state index in [0.717, 1.165) is 45.6 Å². The number of nitrogens with zero attached hydrogens (tertiary/aromatic N) is 1. The molecule has 2 rings (SSSR count). The maximum atomic E-state index is 5.92. The van der Waals surface area contributed by atoms with Gasteiger partial charge in [0.1, 0.15) is 0 Å². The van der Waals surface area contributed by atoms with Crippen molar-refractivity contribution in [3.8, 4) is 0 Å². The molecule has 1 aliphatic carbocycles. The van der Waals surface area contributed by atoms with E-state index < -0.39 is 0 Å². The molecular weight excluding hydrogens is 240 g/mol. The van der Waals surface area contributed by atoms with Crippen molar-refractivity contribution in [2.45, 2.75) is 57.9 Å². The van der Waals surface area contributed by atoms with Gasteiger partial charge in [-0.2, -0.15) is 0 Å². The summed E-state index contributed by atoms with van der Waals surface area (Å²) in [6.07, 6.45) is 3.16. The van der Waals surface area contributed by atoms with Gasteiger partial charge in [-0.25, -0.2) is 0 Å². The number of rotatable bonds is 5. The van der Waals surface area contributed by atoms with E-state index >= 15 is 0 Å². The highest BCUT2D eigenvalue weighted by Gasteiger charge is 2.46. The summed E-state index contributed by atoms with van der Waals surface area (Å²) in [5.41, 5.74) is 0. The maximum Gasteiger partial charge on any atom is 0.170 e. The van der Waals surface area contributed by atoms with Crippen molar-refractivity contribution in [1.29, 1.82) is 0 Å². The van der Waals surface area contributed by atoms with Crippen LogP contribution in [0.3, 0.4) is 0 Å². The zero-order chi connectivity index (χ0) is 13.9. The molecule has 2 fully saturated rings. The third-order valence-corrected chi connectivity index (χ3v) is 4.32. The molecule has 0 aromatic rings. The molecule has 1 N–H and O–H groups in total. The van der Waals surface area contributed by atoms with Crippen molar-refractivity contribution in [1.82, 2.24) is 10.2 Å². The number of hydrogen-bond donors (Lipinski definition) is 1. The van der Waals surface area contributed by atoms with E-state index in [1.54, 1.807) is 0 Å². The van der Waals surface area contributed by atoms with Crippen LogP contribution in [0, 0.1) is 5.92 Å². The molecule has 0 radical (unpaired) electrons. The lowest BCUT2D eigenvalue weighted by Gasteiger charge is -2.45. The zero-order valence-corrected chi connectivity index (χ0v) is 12.9. The Kier molecular flexibility index (Phi) is 5.23. The highest BCUT2D eigenvalue weighted by atomic mass is 16.7. The van der Waals surface area contributed by atoms with Crippen LogP contribution in [0.5, 0.6) is 0 Å². The van der Waals surface area contributed by atoms with E-state index in [0.29, 0.717) is 18.0 Å². The number of nitrogens with one attached hydrogen (secondary N) is 1. The monoisotopic (exact) mass is 270 g/mol. The van der Waals surface area contributed by atoms with Crippen LogP contribution in [-0.2, 0) is 9.47 Å². The third-order valence-electron chi connectivity index (χ3n) is 4.32. The van der Waals surface area contributed by atoms with Gasteiger partial charge >= 0.3 is 0 Å². The topological polar surface area (TPSA) is 33.7 Å². The predicted molar refractivity (Wildman–Crippen MR) is 77.2 cm³/mol. The average molecular weight is 270 g/mol. The number of hydrogen-bond acceptors (Lipinski definition) is 4. The molecule has 19 heavy (non-hydrogen) atoms. The fourth-order valence-electron chi connectivity index (χ4n) is 3.56. The first-order chi connectivity index (χ1) is 9.06. The molecule has 1 aliphatic heterocycles. The van der Waals surface area contributed by atoms with Gasteiger partial charge in [0.05, 0.1) is 13.2 Å². The van der Waals surface area contributed by atoms with Crippen LogP contribution in [0.15, 0.2) is 0 Å². The number of ether oxygens (including phenoxy) is 2. The lowest BCUT2D eigenvalue weighted by molar-refractivity contribution is -0.192. The molecule has 0 amide bonds. The van der Waals surface area contributed by atoms with E-state index in [1.807, 2.05) is 0 Å². The first-order valence-corrected chi connectivity index (χ1v) is 7.78. The van der Waals surface area contributed by atoms with Gasteiger partial charge in [-0.3, -0.25) is 0 Å². The second kappa shape index (κ2) is 6.53. The van der Waals surface area contributed by atoms with Crippen molar-refractivity contribution in [3.63, 3.8) is 0 Å². The van der Waals surface area contributed by atoms with Gasteiger partial charge in [0.2, 0.25) is 0 Å². The molecule has 0 bridgehead atoms. The quantitative estimate of drug-likeness (QED) is 0.826. The van der Waals surface area contributed by atoms with E-state index in [-0.39, 0.29) is 5.79 Å². The van der Waals surface area contributed by atoms with Crippen molar-refractivity contribution >= 4 is 0 Å². The molecule has 1 heterocycles. The Bertz CT molecular complexity index is 277. The van der Waals surface area contributed by atoms with Crippen LogP contribution in [0.4, 0.5) is 0 Å². The van der Waals surface area contributed by atoms with Crippen molar-refractivity contribution in [2.75, 3.05) is 33.4 Å². The van der Waals surface area contributed by atoms with Gasteiger partial charge in [-0.1, -0.05) is 20.8 Å². The van der Waals surface area contributed by atoms with E-state index in [4.69, 9.17) is 9.47 Å². The van der Waals surface area contributed by atoms with E-state index in [9.17, 15) is 0 Å². The lowest BCUT2D eigenvalue weighted by atomic mass is 9.84. The van der Waals surface area contributed by atoms with Crippen LogP contribution in [0.2, 0.25) is 0 Å². The lowest BCUT2D eigenvalue weighted by Crippen LogP contribution is -2.57. The Morgan fingerprint density at radius 3 is 2.58 bits per heavy atom. The Morgan fingerprint density at radius 2 is 2.00 bits per heavy atom. The van der Waals surface area contributed by atoms with Gasteiger partial charge in [-0.15, -0.1) is 0 Å². The molecule has 4 nitrogen and oxygen atoms in total. The summed E-state index contributed by atoms with van der Waals surface area (Å²) in [7, 11) is 2.24. The van der Waals surface area contributed by atoms with Crippen molar-refractivity contribution in [3.05, 3.63) is 0 Å². The van der Waals surface area contributed by atoms with Crippen molar-refractivity contribution < 1.29 is 9.47 Å². The summed E-state index contributed by atoms with van der Waals surface area (Å²) in [4.78, 5) is 2.49. The molecule has 112 valence electrons. The smallest absolute Gasteiger partial charge is 0.170 e. The summed E-state index contributed by atoms with van der Waals surface area (Å²) in [5, 5.41) is 3.64. The Balaban J connectivity index is 2.03. The molecule has 0 aromatic heterocycles. The highest BCUT2D eigenvalue weighted by molar-refractivity contribution is 4.95. The van der Waals surface area contributed by atoms with E-state index in [2.05, 4.69) is 38.0 Å². The predicted octanol–water partition coefficient (Wildman–Crippen LogP) is 1.85.